The molecule has 1 aliphatic heterocycles. The van der Waals surface area contributed by atoms with Crippen molar-refractivity contribution in [2.75, 3.05) is 13.1 Å². The van der Waals surface area contributed by atoms with Crippen molar-refractivity contribution in [3.63, 3.8) is 0 Å². The lowest BCUT2D eigenvalue weighted by molar-refractivity contribution is 0.0705. The van der Waals surface area contributed by atoms with Gasteiger partial charge in [0, 0.05) is 50.3 Å². The number of likely N-dealkylation sites (tertiary alicyclic amines) is 1. The number of nitrogens with one attached hydrogen (secondary N) is 1. The zero-order valence-corrected chi connectivity index (χ0v) is 20.7. The summed E-state index contributed by atoms with van der Waals surface area (Å²) < 4.78 is 3.74. The van der Waals surface area contributed by atoms with Crippen LogP contribution in [-0.4, -0.2) is 54.2 Å². The molecule has 0 bridgehead atoms. The lowest BCUT2D eigenvalue weighted by Gasteiger charge is -2.32. The number of hydrogen-bond donors (Lipinski definition) is 1. The van der Waals surface area contributed by atoms with Gasteiger partial charge in [-0.2, -0.15) is 0 Å². The van der Waals surface area contributed by atoms with Crippen molar-refractivity contribution in [2.24, 2.45) is 0 Å². The van der Waals surface area contributed by atoms with Crippen LogP contribution in [0.15, 0.2) is 55.0 Å². The zero-order chi connectivity index (χ0) is 25.1. The topological polar surface area (TPSA) is 97.4 Å². The van der Waals surface area contributed by atoms with E-state index in [2.05, 4.69) is 20.6 Å². The second-order valence-corrected chi connectivity index (χ2v) is 9.15. The normalized spacial score (nSPS) is 14.3. The first-order chi connectivity index (χ1) is 17.6. The zero-order valence-electron chi connectivity index (χ0n) is 20.7. The van der Waals surface area contributed by atoms with Crippen LogP contribution in [0, 0.1) is 0 Å². The fraction of sp³-hybridized carbons (Fsp3) is 0.370. The number of carbonyl (C=O) groups excluding carboxylic acids is 2. The number of benzene rings is 1. The van der Waals surface area contributed by atoms with Gasteiger partial charge < -0.3 is 14.6 Å². The molecule has 0 unspecified atom stereocenters. The molecule has 1 fully saturated rings. The largest absolute Gasteiger partial charge is 0.348 e. The molecule has 0 spiro atoms. The van der Waals surface area contributed by atoms with E-state index in [1.165, 1.54) is 5.56 Å². The number of aryl methyl sites for hydroxylation is 1. The maximum atomic E-state index is 13.0. The van der Waals surface area contributed by atoms with Crippen LogP contribution in [0.4, 0.5) is 0 Å². The maximum absolute atomic E-state index is 13.0. The number of amides is 2. The summed E-state index contributed by atoms with van der Waals surface area (Å²) in [6.07, 6.45) is 8.09. The van der Waals surface area contributed by atoms with Crippen LogP contribution in [0.2, 0.25) is 0 Å². The molecule has 5 rings (SSSR count). The summed E-state index contributed by atoms with van der Waals surface area (Å²) >= 11 is 0. The highest BCUT2D eigenvalue weighted by atomic mass is 16.2. The third-order valence-electron chi connectivity index (χ3n) is 7.02. The summed E-state index contributed by atoms with van der Waals surface area (Å²) in [5.74, 6) is 0.241. The van der Waals surface area contributed by atoms with Gasteiger partial charge in [-0.05, 0) is 67.5 Å². The Morgan fingerprint density at radius 3 is 2.56 bits per heavy atom. The van der Waals surface area contributed by atoms with Crippen LogP contribution < -0.4 is 5.32 Å². The van der Waals surface area contributed by atoms with Crippen LogP contribution >= 0.6 is 0 Å². The Labute approximate surface area is 210 Å². The van der Waals surface area contributed by atoms with Gasteiger partial charge in [-0.15, -0.1) is 5.10 Å². The van der Waals surface area contributed by atoms with Crippen molar-refractivity contribution < 1.29 is 9.59 Å². The Kier molecular flexibility index (Phi) is 6.79. The lowest BCUT2D eigenvalue weighted by Crippen LogP contribution is -2.38. The number of carbonyl (C=O) groups is 2. The quantitative estimate of drug-likeness (QED) is 0.432. The molecule has 186 valence electrons. The molecular formula is C27H31N7O2. The third kappa shape index (κ3) is 4.73. The van der Waals surface area contributed by atoms with E-state index in [0.717, 1.165) is 36.2 Å². The average molecular weight is 486 g/mol. The Balaban J connectivity index is 1.15. The predicted molar refractivity (Wildman–Crippen MR) is 136 cm³/mol. The average Bonchev–Trinajstić information content (AvgIpc) is 3.57. The first-order valence-electron chi connectivity index (χ1n) is 12.6. The van der Waals surface area contributed by atoms with Crippen molar-refractivity contribution in [1.29, 1.82) is 0 Å². The van der Waals surface area contributed by atoms with Crippen molar-refractivity contribution in [2.45, 2.75) is 52.1 Å². The molecule has 0 saturated carbocycles. The lowest BCUT2D eigenvalue weighted by atomic mass is 9.89. The molecular weight excluding hydrogens is 454 g/mol. The standard InChI is InChI=1S/C27H31N7O2/c1-3-23-25(30-31-34(23)4-2)27(36)33-14-10-21(11-15-33)20-5-7-22(8-6-20)26(35)29-18-19-9-13-32-16-12-28-24(32)17-19/h5-9,12-13,16-17,21H,3-4,10-11,14-15,18H2,1-2H3,(H,29,35). The van der Waals surface area contributed by atoms with Gasteiger partial charge in [0.15, 0.2) is 5.69 Å². The highest BCUT2D eigenvalue weighted by Gasteiger charge is 2.28. The summed E-state index contributed by atoms with van der Waals surface area (Å²) in [5.41, 5.74) is 5.09. The van der Waals surface area contributed by atoms with E-state index >= 15 is 0 Å². The molecule has 3 aromatic heterocycles. The highest BCUT2D eigenvalue weighted by molar-refractivity contribution is 5.94. The number of rotatable bonds is 7. The molecule has 1 N–H and O–H groups in total. The Hall–Kier alpha value is -4.01. The molecule has 2 amide bonds. The third-order valence-corrected chi connectivity index (χ3v) is 7.02. The fourth-order valence-corrected chi connectivity index (χ4v) is 4.92. The second-order valence-electron chi connectivity index (χ2n) is 9.15. The predicted octanol–water partition coefficient (Wildman–Crippen LogP) is 3.46. The van der Waals surface area contributed by atoms with Crippen LogP contribution in [-0.2, 0) is 19.5 Å². The highest BCUT2D eigenvalue weighted by Crippen LogP contribution is 2.29. The number of fused-ring (bicyclic) bond motifs is 1. The van der Waals surface area contributed by atoms with Gasteiger partial charge in [-0.3, -0.25) is 9.59 Å². The Bertz CT molecular complexity index is 1360. The van der Waals surface area contributed by atoms with Crippen molar-refractivity contribution >= 4 is 17.5 Å². The number of hydrogen-bond acceptors (Lipinski definition) is 5. The van der Waals surface area contributed by atoms with Gasteiger partial charge in [0.25, 0.3) is 11.8 Å². The van der Waals surface area contributed by atoms with Gasteiger partial charge in [0.05, 0.1) is 5.69 Å². The smallest absolute Gasteiger partial charge is 0.276 e. The molecule has 0 radical (unpaired) electrons. The molecule has 9 nitrogen and oxygen atoms in total. The van der Waals surface area contributed by atoms with Gasteiger partial charge in [0.2, 0.25) is 0 Å². The summed E-state index contributed by atoms with van der Waals surface area (Å²) in [6.45, 7) is 6.56. The maximum Gasteiger partial charge on any atom is 0.276 e. The molecule has 0 atom stereocenters. The molecule has 1 saturated heterocycles. The van der Waals surface area contributed by atoms with Gasteiger partial charge in [-0.25, -0.2) is 9.67 Å². The van der Waals surface area contributed by atoms with Crippen molar-refractivity contribution in [1.82, 2.24) is 34.6 Å². The summed E-state index contributed by atoms with van der Waals surface area (Å²) in [6, 6.07) is 11.8. The summed E-state index contributed by atoms with van der Waals surface area (Å²) in [7, 11) is 0. The van der Waals surface area contributed by atoms with Gasteiger partial charge >= 0.3 is 0 Å². The minimum atomic E-state index is -0.1000. The molecule has 1 aromatic carbocycles. The van der Waals surface area contributed by atoms with E-state index in [-0.39, 0.29) is 11.8 Å². The Morgan fingerprint density at radius 2 is 1.83 bits per heavy atom. The first-order valence-corrected chi connectivity index (χ1v) is 12.6. The van der Waals surface area contributed by atoms with Crippen molar-refractivity contribution in [3.05, 3.63) is 83.1 Å². The van der Waals surface area contributed by atoms with E-state index in [9.17, 15) is 9.59 Å². The number of nitrogens with zero attached hydrogens (tertiary/aromatic N) is 6. The van der Waals surface area contributed by atoms with E-state index in [0.29, 0.717) is 43.4 Å². The SMILES string of the molecule is CCc1c(C(=O)N2CCC(c3ccc(C(=O)NCc4ccn5ccnc5c4)cc3)CC2)nnn1CC. The van der Waals surface area contributed by atoms with Crippen LogP contribution in [0.3, 0.4) is 0 Å². The number of pyridine rings is 1. The van der Waals surface area contributed by atoms with E-state index in [4.69, 9.17) is 0 Å². The molecule has 0 aliphatic carbocycles. The van der Waals surface area contributed by atoms with E-state index < -0.39 is 0 Å². The molecule has 1 aliphatic rings. The Morgan fingerprint density at radius 1 is 1.06 bits per heavy atom. The first kappa shape index (κ1) is 23.7. The van der Waals surface area contributed by atoms with E-state index in [1.807, 2.05) is 71.9 Å². The van der Waals surface area contributed by atoms with Crippen LogP contribution in [0.25, 0.3) is 5.65 Å². The van der Waals surface area contributed by atoms with Gasteiger partial charge in [0.1, 0.15) is 5.65 Å². The van der Waals surface area contributed by atoms with Crippen LogP contribution in [0.5, 0.6) is 0 Å². The fourth-order valence-electron chi connectivity index (χ4n) is 4.92. The minimum absolute atomic E-state index is 0.0241. The monoisotopic (exact) mass is 485 g/mol. The van der Waals surface area contributed by atoms with Crippen molar-refractivity contribution in [3.8, 4) is 0 Å². The molecule has 4 heterocycles. The summed E-state index contributed by atoms with van der Waals surface area (Å²) in [4.78, 5) is 31.9. The number of imidazole rings is 1. The van der Waals surface area contributed by atoms with Crippen LogP contribution in [0.1, 0.15) is 70.3 Å². The molecule has 4 aromatic rings. The second kappa shape index (κ2) is 10.3. The van der Waals surface area contributed by atoms with E-state index in [1.54, 1.807) is 10.9 Å². The number of aromatic nitrogens is 5. The molecule has 9 heteroatoms. The summed E-state index contributed by atoms with van der Waals surface area (Å²) in [5, 5.41) is 11.3. The van der Waals surface area contributed by atoms with Gasteiger partial charge in [-0.1, -0.05) is 24.3 Å². The number of piperidine rings is 1. The minimum Gasteiger partial charge on any atom is -0.348 e. The molecule has 36 heavy (non-hydrogen) atoms.